The third-order valence-electron chi connectivity index (χ3n) is 16.4. The Kier molecular flexibility index (Phi) is 9.96. The molecule has 0 amide bonds. The standard InChI is InChI=1S/C73H50N2/c1-4-18-56(19-5-1)73(57-20-6-2-7-21-57)69-27-15-14-26-64(69)65-45-42-61(48-70(65)73)74(59-38-32-49(33-39-59)54-31-30-53-29-28-51-16-10-12-24-62(51)68(53)46-54)60-40-34-50(35-41-60)55-37-43-66-67-44-36-52-17-11-13-25-63(52)72(67)75(71(66)47-55)58-22-8-3-9-23-58/h1-48,51,62H. The SMILES string of the molecule is C1=CC2C=Cc3ccc(-c4ccc(N(c5ccc(-c6ccc7c8ccc9ccccc9c8n(-c8ccccc8)c7c6)cc5)c5ccc6c(c5)C(c5ccccc5)(c5ccccc5)c5ccccc5-6)cc4)cc3C2C=C1. The highest BCUT2D eigenvalue weighted by Gasteiger charge is 2.46. The van der Waals surface area contributed by atoms with Crippen LogP contribution in [0.5, 0.6) is 0 Å². The van der Waals surface area contributed by atoms with Crippen molar-refractivity contribution < 1.29 is 0 Å². The minimum atomic E-state index is -0.527. The zero-order valence-electron chi connectivity index (χ0n) is 41.3. The summed E-state index contributed by atoms with van der Waals surface area (Å²) in [5, 5.41) is 4.99. The maximum atomic E-state index is 2.47. The Balaban J connectivity index is 0.883. The van der Waals surface area contributed by atoms with Crippen LogP contribution in [0.25, 0.3) is 77.7 Å². The second-order valence-corrected chi connectivity index (χ2v) is 20.3. The first-order valence-electron chi connectivity index (χ1n) is 26.2. The molecule has 2 unspecified atom stereocenters. The molecule has 2 heteroatoms. The van der Waals surface area contributed by atoms with Gasteiger partial charge in [-0.25, -0.2) is 0 Å². The lowest BCUT2D eigenvalue weighted by molar-refractivity contribution is 0.692. The van der Waals surface area contributed by atoms with Crippen molar-refractivity contribution in [2.75, 3.05) is 4.90 Å². The predicted molar refractivity (Wildman–Crippen MR) is 315 cm³/mol. The van der Waals surface area contributed by atoms with Crippen LogP contribution < -0.4 is 4.90 Å². The average molecular weight is 955 g/mol. The van der Waals surface area contributed by atoms with Crippen LogP contribution in [0.4, 0.5) is 17.1 Å². The van der Waals surface area contributed by atoms with Gasteiger partial charge in [0.25, 0.3) is 0 Å². The lowest BCUT2D eigenvalue weighted by Crippen LogP contribution is -2.28. The molecular weight excluding hydrogens is 905 g/mol. The minimum absolute atomic E-state index is 0.355. The molecule has 2 nitrogen and oxygen atoms in total. The van der Waals surface area contributed by atoms with E-state index in [0.29, 0.717) is 11.8 Å². The zero-order chi connectivity index (χ0) is 49.5. The van der Waals surface area contributed by atoms with Crippen LogP contribution in [0.3, 0.4) is 0 Å². The van der Waals surface area contributed by atoms with Gasteiger partial charge in [-0.3, -0.25) is 0 Å². The summed E-state index contributed by atoms with van der Waals surface area (Å²) in [5.41, 5.74) is 21.4. The Morgan fingerprint density at radius 3 is 1.72 bits per heavy atom. The number of nitrogens with zero attached hydrogens (tertiary/aromatic N) is 2. The molecule has 352 valence electrons. The fraction of sp³-hybridized carbons (Fsp3) is 0.0411. The first-order valence-corrected chi connectivity index (χ1v) is 26.2. The first kappa shape index (κ1) is 43.1. The summed E-state index contributed by atoms with van der Waals surface area (Å²) in [4.78, 5) is 2.45. The van der Waals surface area contributed by atoms with Gasteiger partial charge >= 0.3 is 0 Å². The van der Waals surface area contributed by atoms with E-state index in [0.717, 1.165) is 28.3 Å². The van der Waals surface area contributed by atoms with E-state index in [1.54, 1.807) is 0 Å². The summed E-state index contributed by atoms with van der Waals surface area (Å²) in [6, 6.07) is 94.8. The summed E-state index contributed by atoms with van der Waals surface area (Å²) in [5.74, 6) is 0.751. The smallest absolute Gasteiger partial charge is 0.0714 e. The Labute approximate surface area is 437 Å². The van der Waals surface area contributed by atoms with Gasteiger partial charge in [-0.15, -0.1) is 0 Å². The molecule has 0 saturated heterocycles. The van der Waals surface area contributed by atoms with Gasteiger partial charge in [-0.1, -0.05) is 231 Å². The van der Waals surface area contributed by atoms with Gasteiger partial charge < -0.3 is 9.47 Å². The summed E-state index contributed by atoms with van der Waals surface area (Å²) >= 11 is 0. The Bertz CT molecular complexity index is 4230. The average Bonchev–Trinajstić information content (AvgIpc) is 3.99. The van der Waals surface area contributed by atoms with Gasteiger partial charge in [0.05, 0.1) is 16.4 Å². The number of benzene rings is 11. The van der Waals surface area contributed by atoms with Crippen LogP contribution in [0.2, 0.25) is 0 Å². The van der Waals surface area contributed by atoms with E-state index in [1.807, 2.05) is 0 Å². The lowest BCUT2D eigenvalue weighted by atomic mass is 9.67. The Morgan fingerprint density at radius 1 is 0.387 bits per heavy atom. The van der Waals surface area contributed by atoms with Crippen molar-refractivity contribution in [2.24, 2.45) is 5.92 Å². The fourth-order valence-electron chi connectivity index (χ4n) is 13.0. The van der Waals surface area contributed by atoms with Crippen LogP contribution in [0.15, 0.2) is 285 Å². The van der Waals surface area contributed by atoms with Crippen LogP contribution >= 0.6 is 0 Å². The molecule has 0 spiro atoms. The molecule has 1 heterocycles. The lowest BCUT2D eigenvalue weighted by Gasteiger charge is -2.35. The number of hydrogen-bond acceptors (Lipinski definition) is 1. The van der Waals surface area contributed by atoms with Crippen LogP contribution in [0, 0.1) is 5.92 Å². The molecule has 0 aliphatic heterocycles. The summed E-state index contributed by atoms with van der Waals surface area (Å²) in [7, 11) is 0. The second-order valence-electron chi connectivity index (χ2n) is 20.3. The normalized spacial score (nSPS) is 15.7. The highest BCUT2D eigenvalue weighted by atomic mass is 15.1. The van der Waals surface area contributed by atoms with E-state index in [1.165, 1.54) is 93.8 Å². The van der Waals surface area contributed by atoms with E-state index >= 15 is 0 Å². The van der Waals surface area contributed by atoms with Crippen molar-refractivity contribution in [1.82, 2.24) is 4.57 Å². The van der Waals surface area contributed by atoms with Gasteiger partial charge in [0.2, 0.25) is 0 Å². The molecule has 3 aliphatic carbocycles. The molecule has 0 saturated carbocycles. The topological polar surface area (TPSA) is 8.17 Å². The number of fused-ring (bicyclic) bond motifs is 11. The van der Waals surface area contributed by atoms with Gasteiger partial charge in [0.15, 0.2) is 0 Å². The van der Waals surface area contributed by atoms with Crippen molar-refractivity contribution in [2.45, 2.75) is 11.3 Å². The maximum Gasteiger partial charge on any atom is 0.0714 e. The molecular formula is C73H50N2. The van der Waals surface area contributed by atoms with Crippen molar-refractivity contribution in [3.63, 3.8) is 0 Å². The van der Waals surface area contributed by atoms with Crippen LogP contribution in [0.1, 0.15) is 39.3 Å². The van der Waals surface area contributed by atoms with Gasteiger partial charge in [0.1, 0.15) is 0 Å². The number of anilines is 3. The summed E-state index contributed by atoms with van der Waals surface area (Å²) in [6.07, 6.45) is 13.7. The molecule has 11 aromatic carbocycles. The maximum absolute atomic E-state index is 2.47. The van der Waals surface area contributed by atoms with Crippen molar-refractivity contribution in [1.29, 1.82) is 0 Å². The quantitative estimate of drug-likeness (QED) is 0.147. The molecule has 1 aromatic heterocycles. The van der Waals surface area contributed by atoms with Crippen molar-refractivity contribution in [3.05, 3.63) is 319 Å². The van der Waals surface area contributed by atoms with Gasteiger partial charge in [-0.05, 0) is 133 Å². The van der Waals surface area contributed by atoms with E-state index in [9.17, 15) is 0 Å². The largest absolute Gasteiger partial charge is 0.310 e. The number of rotatable bonds is 8. The molecule has 0 bridgehead atoms. The van der Waals surface area contributed by atoms with Crippen LogP contribution in [-0.4, -0.2) is 4.57 Å². The van der Waals surface area contributed by atoms with Gasteiger partial charge in [0, 0.05) is 50.7 Å². The monoisotopic (exact) mass is 954 g/mol. The highest BCUT2D eigenvalue weighted by Crippen LogP contribution is 2.57. The number of hydrogen-bond donors (Lipinski definition) is 0. The number of aromatic nitrogens is 1. The molecule has 0 fully saturated rings. The van der Waals surface area contributed by atoms with Crippen molar-refractivity contribution in [3.8, 4) is 39.1 Å². The zero-order valence-corrected chi connectivity index (χ0v) is 41.3. The first-order chi connectivity index (χ1) is 37.2. The molecule has 3 aliphatic rings. The number of allylic oxidation sites excluding steroid dienone is 5. The molecule has 75 heavy (non-hydrogen) atoms. The van der Waals surface area contributed by atoms with Crippen molar-refractivity contribution >= 4 is 55.7 Å². The van der Waals surface area contributed by atoms with E-state index in [2.05, 4.69) is 301 Å². The molecule has 0 radical (unpaired) electrons. The third-order valence-corrected chi connectivity index (χ3v) is 16.4. The predicted octanol–water partition coefficient (Wildman–Crippen LogP) is 19.0. The Morgan fingerprint density at radius 2 is 0.973 bits per heavy atom. The second kappa shape index (κ2) is 17.3. The molecule has 0 N–H and O–H groups in total. The summed E-state index contributed by atoms with van der Waals surface area (Å²) in [6.45, 7) is 0. The fourth-order valence-corrected chi connectivity index (χ4v) is 13.0. The molecule has 2 atom stereocenters. The van der Waals surface area contributed by atoms with E-state index in [-0.39, 0.29) is 0 Å². The number of para-hydroxylation sites is 1. The molecule has 12 aromatic rings. The third kappa shape index (κ3) is 6.80. The van der Waals surface area contributed by atoms with Gasteiger partial charge in [-0.2, -0.15) is 0 Å². The molecule has 15 rings (SSSR count). The van der Waals surface area contributed by atoms with Crippen LogP contribution in [-0.2, 0) is 5.41 Å². The highest BCUT2D eigenvalue weighted by molar-refractivity contribution is 6.19. The summed E-state index contributed by atoms with van der Waals surface area (Å²) < 4.78 is 2.45. The van der Waals surface area contributed by atoms with E-state index < -0.39 is 5.41 Å². The van der Waals surface area contributed by atoms with E-state index in [4.69, 9.17) is 0 Å². The minimum Gasteiger partial charge on any atom is -0.310 e. The Hall–Kier alpha value is -9.50.